The van der Waals surface area contributed by atoms with Gasteiger partial charge in [-0.25, -0.2) is 4.39 Å². The van der Waals surface area contributed by atoms with Crippen LogP contribution in [0.25, 0.3) is 0 Å². The summed E-state index contributed by atoms with van der Waals surface area (Å²) in [4.78, 5) is 0. The second-order valence-corrected chi connectivity index (χ2v) is 6.57. The van der Waals surface area contributed by atoms with Crippen molar-refractivity contribution in [1.29, 1.82) is 0 Å². The molecular weight excluding hydrogens is 366 g/mol. The van der Waals surface area contributed by atoms with Crippen LogP contribution in [0.4, 0.5) is 8.78 Å². The molecule has 2 atom stereocenters. The lowest BCUT2D eigenvalue weighted by Gasteiger charge is -2.15. The van der Waals surface area contributed by atoms with Crippen LogP contribution in [0.15, 0.2) is 85.3 Å². The molecule has 0 aromatic heterocycles. The van der Waals surface area contributed by atoms with Crippen LogP contribution in [0.3, 0.4) is 0 Å². The van der Waals surface area contributed by atoms with Crippen molar-refractivity contribution in [2.75, 3.05) is 7.11 Å². The van der Waals surface area contributed by atoms with Crippen molar-refractivity contribution in [3.8, 4) is 0 Å². The molecule has 0 radical (unpaired) electrons. The van der Waals surface area contributed by atoms with E-state index in [0.717, 1.165) is 24.8 Å². The number of hydrogen-bond acceptors (Lipinski definition) is 1. The Morgan fingerprint density at radius 3 is 1.86 bits per heavy atom. The maximum Gasteiger partial charge on any atom is 0.200 e. The summed E-state index contributed by atoms with van der Waals surface area (Å²) in [6, 6.07) is 0. The molecule has 0 aliphatic heterocycles. The lowest BCUT2D eigenvalue weighted by atomic mass is 9.91. The van der Waals surface area contributed by atoms with E-state index >= 15 is 0 Å². The van der Waals surface area contributed by atoms with E-state index in [2.05, 4.69) is 58.4 Å². The van der Waals surface area contributed by atoms with E-state index < -0.39 is 11.7 Å². The highest BCUT2D eigenvalue weighted by molar-refractivity contribution is 5.49. The number of ether oxygens (including phenoxy) is 1. The molecule has 0 aliphatic carbocycles. The molecule has 0 saturated carbocycles. The van der Waals surface area contributed by atoms with Crippen LogP contribution in [-0.2, 0) is 4.74 Å². The lowest BCUT2D eigenvalue weighted by Crippen LogP contribution is -2.01. The van der Waals surface area contributed by atoms with Gasteiger partial charge in [0.25, 0.3) is 0 Å². The minimum Gasteiger partial charge on any atom is -0.494 e. The first-order valence-electron chi connectivity index (χ1n) is 10.2. The zero-order valence-corrected chi connectivity index (χ0v) is 19.7. The zero-order chi connectivity index (χ0) is 23.6. The Morgan fingerprint density at radius 1 is 0.966 bits per heavy atom. The molecule has 0 bridgehead atoms. The summed E-state index contributed by atoms with van der Waals surface area (Å²) in [7, 11) is 1.22. The van der Waals surface area contributed by atoms with Gasteiger partial charge in [0, 0.05) is 5.57 Å². The maximum absolute atomic E-state index is 14.0. The first kappa shape index (κ1) is 31.5. The van der Waals surface area contributed by atoms with Crippen LogP contribution in [0.2, 0.25) is 0 Å². The number of hydrogen-bond donors (Lipinski definition) is 0. The summed E-state index contributed by atoms with van der Waals surface area (Å²) in [6.07, 6.45) is 8.48. The maximum atomic E-state index is 14.0. The molecule has 0 saturated heterocycles. The minimum atomic E-state index is -1.17. The van der Waals surface area contributed by atoms with E-state index in [1.165, 1.54) is 7.11 Å². The van der Waals surface area contributed by atoms with Gasteiger partial charge in [-0.15, -0.1) is 6.58 Å². The van der Waals surface area contributed by atoms with E-state index in [1.54, 1.807) is 18.2 Å². The lowest BCUT2D eigenvalue weighted by molar-refractivity contribution is 0.281. The summed E-state index contributed by atoms with van der Waals surface area (Å²) >= 11 is 0. The van der Waals surface area contributed by atoms with Gasteiger partial charge in [0.2, 0.25) is 5.83 Å². The van der Waals surface area contributed by atoms with E-state index in [1.807, 2.05) is 20.8 Å². The van der Waals surface area contributed by atoms with Gasteiger partial charge >= 0.3 is 0 Å². The fourth-order valence-corrected chi connectivity index (χ4v) is 1.88. The van der Waals surface area contributed by atoms with Crippen molar-refractivity contribution in [3.63, 3.8) is 0 Å². The van der Waals surface area contributed by atoms with Gasteiger partial charge in [-0.1, -0.05) is 97.6 Å². The highest BCUT2D eigenvalue weighted by Gasteiger charge is 2.15. The van der Waals surface area contributed by atoms with Crippen molar-refractivity contribution in [2.45, 2.75) is 60.8 Å². The average molecular weight is 409 g/mol. The van der Waals surface area contributed by atoms with Gasteiger partial charge in [-0.05, 0) is 30.8 Å². The van der Waals surface area contributed by atoms with Crippen molar-refractivity contribution in [3.05, 3.63) is 85.3 Å². The van der Waals surface area contributed by atoms with E-state index in [0.29, 0.717) is 11.8 Å². The Hall–Kier alpha value is -2.16. The Labute approximate surface area is 178 Å². The molecule has 0 rings (SSSR count). The van der Waals surface area contributed by atoms with Gasteiger partial charge in [-0.2, -0.15) is 4.39 Å². The van der Waals surface area contributed by atoms with Crippen molar-refractivity contribution >= 4 is 0 Å². The summed E-state index contributed by atoms with van der Waals surface area (Å²) in [5.41, 5.74) is 1.07. The zero-order valence-electron chi connectivity index (χ0n) is 19.7. The highest BCUT2D eigenvalue weighted by Crippen LogP contribution is 2.27. The van der Waals surface area contributed by atoms with Crippen molar-refractivity contribution in [2.24, 2.45) is 11.8 Å². The molecule has 0 N–H and O–H groups in total. The standard InChI is InChI=1S/C21H30F2O.C3H6.C2H6/c1-9-14(2)10-11-15(3)16(4)12-13-17(5)18(6)20(22)21(23)19(7)24-8;1-3-2;1-2/h12-15H,4-7,9-11H2,1-3,8H3;3H,1H2,2H3;1-2H3/b13-12-,21-20-;;. The van der Waals surface area contributed by atoms with Crippen LogP contribution in [0.1, 0.15) is 60.8 Å². The third kappa shape index (κ3) is 14.5. The molecule has 3 heteroatoms. The highest BCUT2D eigenvalue weighted by atomic mass is 19.2. The molecule has 0 fully saturated rings. The smallest absolute Gasteiger partial charge is 0.200 e. The van der Waals surface area contributed by atoms with Gasteiger partial charge in [0.05, 0.1) is 7.11 Å². The Kier molecular flexibility index (Phi) is 20.8. The van der Waals surface area contributed by atoms with Gasteiger partial charge in [0.15, 0.2) is 5.83 Å². The first-order chi connectivity index (χ1) is 13.6. The van der Waals surface area contributed by atoms with Crippen LogP contribution in [0.5, 0.6) is 0 Å². The molecule has 1 nitrogen and oxygen atoms in total. The molecule has 0 amide bonds. The number of allylic oxidation sites excluding steroid dienone is 8. The van der Waals surface area contributed by atoms with E-state index in [-0.39, 0.29) is 16.9 Å². The Morgan fingerprint density at radius 2 is 1.45 bits per heavy atom. The van der Waals surface area contributed by atoms with Crippen LogP contribution in [0, 0.1) is 11.8 Å². The molecule has 166 valence electrons. The minimum absolute atomic E-state index is 0.137. The quantitative estimate of drug-likeness (QED) is 0.188. The molecule has 0 spiro atoms. The summed E-state index contributed by atoms with van der Waals surface area (Å²) in [5.74, 6) is -1.66. The SMILES string of the molecule is C=C(/C=C\C(=C)C(C)CCC(C)CC)C(=C)/C(F)=C(/F)C(=C)OC.C=CC.CC. The third-order valence-corrected chi connectivity index (χ3v) is 4.26. The van der Waals surface area contributed by atoms with Gasteiger partial charge < -0.3 is 4.74 Å². The van der Waals surface area contributed by atoms with Crippen LogP contribution >= 0.6 is 0 Å². The van der Waals surface area contributed by atoms with Crippen LogP contribution < -0.4 is 0 Å². The van der Waals surface area contributed by atoms with Gasteiger partial charge in [0.1, 0.15) is 5.76 Å². The van der Waals surface area contributed by atoms with Crippen molar-refractivity contribution in [1.82, 2.24) is 0 Å². The number of methoxy groups -OCH3 is 1. The number of halogens is 2. The fraction of sp³-hybridized carbons (Fsp3) is 0.462. The summed E-state index contributed by atoms with van der Waals surface area (Å²) in [6.45, 7) is 30.3. The number of rotatable bonds is 11. The second-order valence-electron chi connectivity index (χ2n) is 6.57. The van der Waals surface area contributed by atoms with Gasteiger partial charge in [-0.3, -0.25) is 0 Å². The average Bonchev–Trinajstić information content (AvgIpc) is 2.74. The normalized spacial score (nSPS) is 12.9. The predicted octanol–water partition coefficient (Wildman–Crippen LogP) is 9.20. The third-order valence-electron chi connectivity index (χ3n) is 4.26. The monoisotopic (exact) mass is 408 g/mol. The first-order valence-corrected chi connectivity index (χ1v) is 10.2. The molecule has 29 heavy (non-hydrogen) atoms. The fourth-order valence-electron chi connectivity index (χ4n) is 1.88. The Bertz CT molecular complexity index is 594. The molecular formula is C26H42F2O. The molecule has 0 aromatic rings. The summed E-state index contributed by atoms with van der Waals surface area (Å²) in [5, 5.41) is 0. The van der Waals surface area contributed by atoms with E-state index in [4.69, 9.17) is 0 Å². The molecule has 0 aromatic carbocycles. The summed E-state index contributed by atoms with van der Waals surface area (Å²) < 4.78 is 32.2. The molecule has 0 heterocycles. The second kappa shape index (κ2) is 19.2. The van der Waals surface area contributed by atoms with Crippen LogP contribution in [-0.4, -0.2) is 7.11 Å². The van der Waals surface area contributed by atoms with Crippen molar-refractivity contribution < 1.29 is 13.5 Å². The molecule has 0 aliphatic rings. The Balaban J connectivity index is -0.00000123. The largest absolute Gasteiger partial charge is 0.494 e. The predicted molar refractivity (Wildman–Crippen MR) is 127 cm³/mol. The van der Waals surface area contributed by atoms with E-state index in [9.17, 15) is 8.78 Å². The topological polar surface area (TPSA) is 9.23 Å². The molecule has 2 unspecified atom stereocenters.